The van der Waals surface area contributed by atoms with Crippen LogP contribution in [0.15, 0.2) is 18.2 Å². The lowest BCUT2D eigenvalue weighted by Gasteiger charge is -2.36. The van der Waals surface area contributed by atoms with Crippen LogP contribution in [0.1, 0.15) is 30.5 Å². The van der Waals surface area contributed by atoms with E-state index in [-0.39, 0.29) is 0 Å². The summed E-state index contributed by atoms with van der Waals surface area (Å²) in [5, 5.41) is 4.87. The number of benzene rings is 1. The monoisotopic (exact) mass is 311 g/mol. The molecule has 1 aromatic rings. The highest BCUT2D eigenvalue weighted by atomic mass is 32.2. The number of nitrogens with one attached hydrogen (secondary N) is 1. The van der Waals surface area contributed by atoms with Crippen molar-refractivity contribution in [2.75, 3.05) is 25.7 Å². The molecule has 20 heavy (non-hydrogen) atoms. The molecule has 112 valence electrons. The standard InChI is InChI=1S/C16H25NOS2/c1-5-14-16(20-9-8-19-14)15(17-3)12-10-11(2)6-7-13(12)18-4/h6-7,10,14-17H,5,8-9H2,1-4H3. The van der Waals surface area contributed by atoms with E-state index in [0.29, 0.717) is 11.3 Å². The van der Waals surface area contributed by atoms with Gasteiger partial charge in [-0.3, -0.25) is 0 Å². The van der Waals surface area contributed by atoms with Crippen molar-refractivity contribution in [3.05, 3.63) is 29.3 Å². The zero-order valence-electron chi connectivity index (χ0n) is 12.8. The smallest absolute Gasteiger partial charge is 0.123 e. The minimum absolute atomic E-state index is 0.354. The van der Waals surface area contributed by atoms with Gasteiger partial charge in [0.2, 0.25) is 0 Å². The molecular weight excluding hydrogens is 286 g/mol. The largest absolute Gasteiger partial charge is 0.496 e. The van der Waals surface area contributed by atoms with E-state index in [1.807, 2.05) is 0 Å². The van der Waals surface area contributed by atoms with Crippen LogP contribution in [0.5, 0.6) is 5.75 Å². The highest BCUT2D eigenvalue weighted by Gasteiger charge is 2.33. The van der Waals surface area contributed by atoms with Crippen molar-refractivity contribution >= 4 is 23.5 Å². The molecule has 0 aromatic heterocycles. The van der Waals surface area contributed by atoms with E-state index in [1.165, 1.54) is 29.1 Å². The third-order valence-electron chi connectivity index (χ3n) is 3.85. The van der Waals surface area contributed by atoms with Gasteiger partial charge in [0, 0.05) is 33.6 Å². The first kappa shape index (κ1) is 16.1. The van der Waals surface area contributed by atoms with Crippen LogP contribution in [0, 0.1) is 6.92 Å². The van der Waals surface area contributed by atoms with Crippen molar-refractivity contribution in [2.24, 2.45) is 0 Å². The maximum absolute atomic E-state index is 5.59. The molecule has 0 radical (unpaired) electrons. The fraction of sp³-hybridized carbons (Fsp3) is 0.625. The van der Waals surface area contributed by atoms with Crippen LogP contribution in [-0.4, -0.2) is 36.2 Å². The molecule has 0 aliphatic carbocycles. The average Bonchev–Trinajstić information content (AvgIpc) is 2.49. The van der Waals surface area contributed by atoms with Crippen LogP contribution in [0.3, 0.4) is 0 Å². The maximum atomic E-state index is 5.59. The molecule has 3 atom stereocenters. The Balaban J connectivity index is 2.33. The Kier molecular flexibility index (Phi) is 6.12. The summed E-state index contributed by atoms with van der Waals surface area (Å²) in [5.41, 5.74) is 2.59. The summed E-state index contributed by atoms with van der Waals surface area (Å²) in [7, 11) is 3.83. The van der Waals surface area contributed by atoms with Crippen LogP contribution < -0.4 is 10.1 Å². The second-order valence-corrected chi connectivity index (χ2v) is 7.80. The van der Waals surface area contributed by atoms with Crippen molar-refractivity contribution in [1.82, 2.24) is 5.32 Å². The number of aryl methyl sites for hydroxylation is 1. The molecule has 1 saturated heterocycles. The molecule has 1 N–H and O–H groups in total. The third kappa shape index (κ3) is 3.46. The summed E-state index contributed by atoms with van der Waals surface area (Å²) in [6.07, 6.45) is 1.23. The van der Waals surface area contributed by atoms with Crippen LogP contribution in [0.4, 0.5) is 0 Å². The predicted octanol–water partition coefficient (Wildman–Crippen LogP) is 3.89. The molecule has 0 saturated carbocycles. The SMILES string of the molecule is CCC1SCCSC1C(NC)c1cc(C)ccc1OC. The van der Waals surface area contributed by atoms with Gasteiger partial charge in [0.25, 0.3) is 0 Å². The number of rotatable bonds is 5. The molecule has 1 aromatic carbocycles. The maximum Gasteiger partial charge on any atom is 0.123 e. The van der Waals surface area contributed by atoms with Gasteiger partial charge in [0.1, 0.15) is 5.75 Å². The van der Waals surface area contributed by atoms with E-state index < -0.39 is 0 Å². The minimum Gasteiger partial charge on any atom is -0.496 e. The summed E-state index contributed by atoms with van der Waals surface area (Å²) in [6.45, 7) is 4.45. The summed E-state index contributed by atoms with van der Waals surface area (Å²) < 4.78 is 5.59. The highest BCUT2D eigenvalue weighted by Crippen LogP contribution is 2.42. The Labute approximate surface area is 131 Å². The zero-order chi connectivity index (χ0) is 14.5. The van der Waals surface area contributed by atoms with Crippen molar-refractivity contribution in [3.63, 3.8) is 0 Å². The second-order valence-electron chi connectivity index (χ2n) is 5.16. The Hall–Kier alpha value is -0.320. The van der Waals surface area contributed by atoms with Gasteiger partial charge >= 0.3 is 0 Å². The van der Waals surface area contributed by atoms with Crippen LogP contribution in [0.25, 0.3) is 0 Å². The number of hydrogen-bond acceptors (Lipinski definition) is 4. The Morgan fingerprint density at radius 2 is 2.10 bits per heavy atom. The molecule has 2 nitrogen and oxygen atoms in total. The van der Waals surface area contributed by atoms with Crippen molar-refractivity contribution in [2.45, 2.75) is 36.8 Å². The Bertz CT molecular complexity index is 438. The second kappa shape index (κ2) is 7.62. The van der Waals surface area contributed by atoms with Gasteiger partial charge in [-0.2, -0.15) is 23.5 Å². The number of thioether (sulfide) groups is 2. The topological polar surface area (TPSA) is 21.3 Å². The van der Waals surface area contributed by atoms with E-state index >= 15 is 0 Å². The molecule has 4 heteroatoms. The van der Waals surface area contributed by atoms with Gasteiger partial charge in [-0.25, -0.2) is 0 Å². The molecule has 1 fully saturated rings. The summed E-state index contributed by atoms with van der Waals surface area (Å²) in [4.78, 5) is 0. The van der Waals surface area contributed by atoms with Crippen LogP contribution in [0.2, 0.25) is 0 Å². The van der Waals surface area contributed by atoms with E-state index in [0.717, 1.165) is 11.0 Å². The van der Waals surface area contributed by atoms with Crippen molar-refractivity contribution in [3.8, 4) is 5.75 Å². The van der Waals surface area contributed by atoms with Crippen molar-refractivity contribution in [1.29, 1.82) is 0 Å². The van der Waals surface area contributed by atoms with Gasteiger partial charge in [-0.15, -0.1) is 0 Å². The summed E-state index contributed by atoms with van der Waals surface area (Å²) >= 11 is 4.24. The first-order valence-corrected chi connectivity index (χ1v) is 9.36. The molecule has 0 amide bonds. The van der Waals surface area contributed by atoms with E-state index in [4.69, 9.17) is 4.74 Å². The summed E-state index contributed by atoms with van der Waals surface area (Å²) in [6, 6.07) is 6.84. The molecule has 1 aliphatic heterocycles. The molecule has 3 unspecified atom stereocenters. The molecule has 1 aliphatic rings. The normalized spacial score (nSPS) is 24.4. The van der Waals surface area contributed by atoms with Gasteiger partial charge in [-0.1, -0.05) is 24.6 Å². The summed E-state index contributed by atoms with van der Waals surface area (Å²) in [5.74, 6) is 3.53. The van der Waals surface area contributed by atoms with Gasteiger partial charge in [0.05, 0.1) is 7.11 Å². The lowest BCUT2D eigenvalue weighted by Crippen LogP contribution is -2.37. The van der Waals surface area contributed by atoms with E-state index in [9.17, 15) is 0 Å². The van der Waals surface area contributed by atoms with Crippen LogP contribution >= 0.6 is 23.5 Å². The molecule has 0 bridgehead atoms. The quantitative estimate of drug-likeness (QED) is 0.890. The minimum atomic E-state index is 0.354. The predicted molar refractivity (Wildman–Crippen MR) is 92.3 cm³/mol. The van der Waals surface area contributed by atoms with Crippen LogP contribution in [-0.2, 0) is 0 Å². The number of ether oxygens (including phenoxy) is 1. The first-order chi connectivity index (χ1) is 9.71. The molecule has 0 spiro atoms. The van der Waals surface area contributed by atoms with E-state index in [1.54, 1.807) is 7.11 Å². The van der Waals surface area contributed by atoms with E-state index in [2.05, 4.69) is 67.9 Å². The lowest BCUT2D eigenvalue weighted by atomic mass is 9.97. The van der Waals surface area contributed by atoms with Gasteiger partial charge in [0.15, 0.2) is 0 Å². The number of hydrogen-bond donors (Lipinski definition) is 1. The zero-order valence-corrected chi connectivity index (χ0v) is 14.4. The third-order valence-corrected chi connectivity index (χ3v) is 7.20. The first-order valence-electron chi connectivity index (χ1n) is 7.26. The average molecular weight is 312 g/mol. The lowest BCUT2D eigenvalue weighted by molar-refractivity contribution is 0.399. The highest BCUT2D eigenvalue weighted by molar-refractivity contribution is 8.07. The van der Waals surface area contributed by atoms with Gasteiger partial charge < -0.3 is 10.1 Å². The fourth-order valence-electron chi connectivity index (χ4n) is 2.84. The van der Waals surface area contributed by atoms with Gasteiger partial charge in [-0.05, 0) is 26.5 Å². The molecule has 2 rings (SSSR count). The fourth-order valence-corrected chi connectivity index (χ4v) is 6.12. The Morgan fingerprint density at radius 3 is 2.75 bits per heavy atom. The Morgan fingerprint density at radius 1 is 1.35 bits per heavy atom. The van der Waals surface area contributed by atoms with Crippen molar-refractivity contribution < 1.29 is 4.74 Å². The molecule has 1 heterocycles. The number of methoxy groups -OCH3 is 1. The molecular formula is C16H25NOS2.